The van der Waals surface area contributed by atoms with Gasteiger partial charge < -0.3 is 20.2 Å². The van der Waals surface area contributed by atoms with Crippen LogP contribution in [0.1, 0.15) is 73.3 Å². The van der Waals surface area contributed by atoms with Gasteiger partial charge in [-0.3, -0.25) is 9.52 Å². The Labute approximate surface area is 238 Å². The molecule has 2 saturated heterocycles. The van der Waals surface area contributed by atoms with Crippen LogP contribution in [0.3, 0.4) is 0 Å². The minimum atomic E-state index is -3.74. The Balaban J connectivity index is 1.27. The number of piperidine rings is 2. The van der Waals surface area contributed by atoms with Crippen LogP contribution in [-0.4, -0.2) is 73.9 Å². The van der Waals surface area contributed by atoms with Crippen LogP contribution < -0.4 is 19.8 Å². The van der Waals surface area contributed by atoms with Crippen LogP contribution in [-0.2, 0) is 10.0 Å². The lowest BCUT2D eigenvalue weighted by molar-refractivity contribution is -0.0222. The first kappa shape index (κ1) is 28.1. The molecule has 0 unspecified atom stereocenters. The fourth-order valence-corrected chi connectivity index (χ4v) is 6.59. The van der Waals surface area contributed by atoms with E-state index in [1.165, 1.54) is 18.9 Å². The van der Waals surface area contributed by atoms with E-state index in [-0.39, 0.29) is 31.8 Å². The van der Waals surface area contributed by atoms with Crippen LogP contribution in [0.15, 0.2) is 24.3 Å². The van der Waals surface area contributed by atoms with Gasteiger partial charge in [-0.05, 0) is 62.1 Å². The van der Waals surface area contributed by atoms with E-state index in [1.54, 1.807) is 23.1 Å². The second-order valence-corrected chi connectivity index (χ2v) is 13.8. The van der Waals surface area contributed by atoms with Gasteiger partial charge in [0, 0.05) is 51.0 Å². The van der Waals surface area contributed by atoms with Crippen molar-refractivity contribution in [1.82, 2.24) is 9.97 Å². The van der Waals surface area contributed by atoms with Gasteiger partial charge in [0.15, 0.2) is 0 Å². The lowest BCUT2D eigenvalue weighted by Crippen LogP contribution is -2.40. The minimum absolute atomic E-state index is 0.142. The quantitative estimate of drug-likeness (QED) is 0.401. The smallest absolute Gasteiger partial charge is 0.258 e. The predicted octanol–water partition coefficient (Wildman–Crippen LogP) is 3.96. The van der Waals surface area contributed by atoms with Gasteiger partial charge in [0.05, 0.1) is 35.0 Å². The molecule has 1 aromatic heterocycles. The number of sulfonamides is 1. The molecule has 4 aliphatic rings. The lowest BCUT2D eigenvalue weighted by atomic mass is 9.93. The molecule has 1 amide bonds. The molecule has 2 aliphatic heterocycles. The summed E-state index contributed by atoms with van der Waals surface area (Å²) in [4.78, 5) is 26.8. The maximum Gasteiger partial charge on any atom is 0.258 e. The summed E-state index contributed by atoms with van der Waals surface area (Å²) in [6.07, 6.45) is 5.92. The summed E-state index contributed by atoms with van der Waals surface area (Å²) in [6.45, 7) is 1.30. The molecule has 4 fully saturated rings. The molecule has 0 bridgehead atoms. The molecular formula is C28H36F2N6O4S. The van der Waals surface area contributed by atoms with E-state index in [4.69, 9.17) is 5.11 Å². The Hall–Kier alpha value is -3.06. The van der Waals surface area contributed by atoms with Crippen LogP contribution >= 0.6 is 0 Å². The molecule has 2 aromatic rings. The van der Waals surface area contributed by atoms with Crippen molar-refractivity contribution < 1.29 is 27.1 Å². The van der Waals surface area contributed by atoms with Gasteiger partial charge in [-0.15, -0.1) is 0 Å². The number of carbonyl (C=O) groups excluding carboxylic acids is 1. The number of alkyl halides is 2. The van der Waals surface area contributed by atoms with Gasteiger partial charge in [-0.1, -0.05) is 0 Å². The van der Waals surface area contributed by atoms with Crippen LogP contribution in [0.5, 0.6) is 0 Å². The Morgan fingerprint density at radius 1 is 0.976 bits per heavy atom. The van der Waals surface area contributed by atoms with Crippen molar-refractivity contribution in [2.45, 2.75) is 63.2 Å². The summed E-state index contributed by atoms with van der Waals surface area (Å²) < 4.78 is 54.6. The van der Waals surface area contributed by atoms with Crippen LogP contribution in [0.2, 0.25) is 0 Å². The molecule has 0 atom stereocenters. The van der Waals surface area contributed by atoms with E-state index >= 15 is 0 Å². The maximum absolute atomic E-state index is 13.8. The largest absolute Gasteiger partial charge is 0.395 e. The van der Waals surface area contributed by atoms with Crippen molar-refractivity contribution in [2.75, 3.05) is 58.4 Å². The number of aromatic nitrogens is 2. The van der Waals surface area contributed by atoms with Gasteiger partial charge in [0.2, 0.25) is 16.0 Å². The molecule has 3 N–H and O–H groups in total. The van der Waals surface area contributed by atoms with Gasteiger partial charge in [0.25, 0.3) is 11.8 Å². The molecular weight excluding hydrogens is 554 g/mol. The number of rotatable bonds is 9. The number of aliphatic hydroxyl groups is 1. The first-order chi connectivity index (χ1) is 19.5. The number of benzene rings is 1. The number of aliphatic hydroxyl groups excluding tert-OH is 1. The second kappa shape index (κ2) is 10.6. The van der Waals surface area contributed by atoms with Crippen LogP contribution in [0.25, 0.3) is 0 Å². The third-order valence-corrected chi connectivity index (χ3v) is 10.0. The number of amides is 1. The van der Waals surface area contributed by atoms with Crippen molar-refractivity contribution >= 4 is 39.1 Å². The number of anilines is 4. The number of nitrogens with zero attached hydrogens (tertiary/aromatic N) is 4. The van der Waals surface area contributed by atoms with Gasteiger partial charge in [0.1, 0.15) is 5.82 Å². The van der Waals surface area contributed by atoms with E-state index in [1.807, 2.05) is 0 Å². The Kier molecular flexibility index (Phi) is 7.29. The number of nitrogens with one attached hydrogen (secondary N) is 2. The molecule has 1 aromatic carbocycles. The van der Waals surface area contributed by atoms with Crippen molar-refractivity contribution in [3.05, 3.63) is 35.5 Å². The van der Waals surface area contributed by atoms with Crippen LogP contribution in [0.4, 0.5) is 31.9 Å². The molecule has 10 nitrogen and oxygen atoms in total. The summed E-state index contributed by atoms with van der Waals surface area (Å²) in [5.41, 5.74) is 2.53. The highest BCUT2D eigenvalue weighted by Crippen LogP contribution is 2.54. The highest BCUT2D eigenvalue weighted by Gasteiger charge is 2.44. The number of carbonyl (C=O) groups is 1. The average molecular weight is 591 g/mol. The maximum atomic E-state index is 13.8. The standard InChI is InChI=1S/C28H36F2N6O4S/c29-28(30)9-13-36(14-10-28)26-31-22(19-1-2-19)18-24(33-26)32-25(38)21-4-3-20(34-41(39,40)16-15-37)17-23(21)35-11-7-27(5-6-27)8-12-35/h3-4,17-19,34,37H,1-2,5-16H2,(H,31,32,33,38). The van der Waals surface area contributed by atoms with Crippen molar-refractivity contribution in [3.63, 3.8) is 0 Å². The first-order valence-corrected chi connectivity index (χ1v) is 16.0. The third kappa shape index (κ3) is 6.56. The van der Waals surface area contributed by atoms with Gasteiger partial charge in [-0.2, -0.15) is 4.98 Å². The second-order valence-electron chi connectivity index (χ2n) is 11.9. The molecule has 41 heavy (non-hydrogen) atoms. The average Bonchev–Trinajstić information content (AvgIpc) is 3.86. The van der Waals surface area contributed by atoms with Crippen LogP contribution in [0, 0.1) is 5.41 Å². The molecule has 0 radical (unpaired) electrons. The summed E-state index contributed by atoms with van der Waals surface area (Å²) in [5, 5.41) is 12.0. The Morgan fingerprint density at radius 2 is 1.66 bits per heavy atom. The molecule has 1 spiro atoms. The molecule has 13 heteroatoms. The fraction of sp³-hybridized carbons (Fsp3) is 0.607. The van der Waals surface area contributed by atoms with E-state index in [0.29, 0.717) is 34.1 Å². The van der Waals surface area contributed by atoms with E-state index in [2.05, 4.69) is 24.9 Å². The molecule has 6 rings (SSSR count). The number of hydrogen-bond donors (Lipinski definition) is 3. The van der Waals surface area contributed by atoms with Gasteiger partial charge >= 0.3 is 0 Å². The summed E-state index contributed by atoms with van der Waals surface area (Å²) >= 11 is 0. The van der Waals surface area contributed by atoms with Gasteiger partial charge in [-0.25, -0.2) is 22.2 Å². The van der Waals surface area contributed by atoms with Crippen molar-refractivity contribution in [3.8, 4) is 0 Å². The highest BCUT2D eigenvalue weighted by molar-refractivity contribution is 7.92. The summed E-state index contributed by atoms with van der Waals surface area (Å²) in [5.74, 6) is -2.58. The minimum Gasteiger partial charge on any atom is -0.395 e. The molecule has 2 saturated carbocycles. The highest BCUT2D eigenvalue weighted by atomic mass is 32.2. The number of hydrogen-bond acceptors (Lipinski definition) is 8. The zero-order chi connectivity index (χ0) is 28.8. The van der Waals surface area contributed by atoms with Crippen molar-refractivity contribution in [1.29, 1.82) is 0 Å². The molecule has 3 heterocycles. The lowest BCUT2D eigenvalue weighted by Gasteiger charge is -2.35. The number of halogens is 2. The summed E-state index contributed by atoms with van der Waals surface area (Å²) in [7, 11) is -3.74. The SMILES string of the molecule is O=C(Nc1cc(C2CC2)nc(N2CCC(F)(F)CC2)n1)c1ccc(NS(=O)(=O)CCO)cc1N1CCC2(CC1)CC2. The fourth-order valence-electron chi connectivity index (χ4n) is 5.76. The predicted molar refractivity (Wildman–Crippen MR) is 152 cm³/mol. The first-order valence-electron chi connectivity index (χ1n) is 14.4. The summed E-state index contributed by atoms with van der Waals surface area (Å²) in [6, 6.07) is 6.56. The Bertz CT molecular complexity index is 1410. The van der Waals surface area contributed by atoms with E-state index in [0.717, 1.165) is 44.5 Å². The van der Waals surface area contributed by atoms with Crippen molar-refractivity contribution in [2.24, 2.45) is 5.41 Å². The monoisotopic (exact) mass is 590 g/mol. The molecule has 222 valence electrons. The topological polar surface area (TPSA) is 128 Å². The molecule has 2 aliphatic carbocycles. The third-order valence-electron chi connectivity index (χ3n) is 8.75. The Morgan fingerprint density at radius 3 is 2.29 bits per heavy atom. The zero-order valence-electron chi connectivity index (χ0n) is 22.9. The van der Waals surface area contributed by atoms with E-state index in [9.17, 15) is 22.0 Å². The van der Waals surface area contributed by atoms with E-state index < -0.39 is 34.2 Å². The zero-order valence-corrected chi connectivity index (χ0v) is 23.7. The normalized spacial score (nSPS) is 21.5.